The van der Waals surface area contributed by atoms with Crippen LogP contribution in [0.5, 0.6) is 0 Å². The van der Waals surface area contributed by atoms with Gasteiger partial charge in [-0.25, -0.2) is 9.59 Å². The minimum atomic E-state index is -1.32. The van der Waals surface area contributed by atoms with Gasteiger partial charge in [-0.05, 0) is 98.0 Å². The molecule has 0 aliphatic carbocycles. The Morgan fingerprint density at radius 2 is 1.65 bits per heavy atom. The fourth-order valence-corrected chi connectivity index (χ4v) is 5.48. The van der Waals surface area contributed by atoms with Crippen LogP contribution in [0.25, 0.3) is 0 Å². The molecule has 3 rings (SSSR count). The van der Waals surface area contributed by atoms with Gasteiger partial charge in [-0.2, -0.15) is 0 Å². The lowest BCUT2D eigenvalue weighted by atomic mass is 10.1. The van der Waals surface area contributed by atoms with Gasteiger partial charge in [0, 0.05) is 36.3 Å². The molecule has 1 saturated heterocycles. The molecular weight excluding hydrogens is 745 g/mol. The summed E-state index contributed by atoms with van der Waals surface area (Å²) in [5.74, 6) is -2.76. The second-order valence-corrected chi connectivity index (χ2v) is 13.2. The first-order valence-corrected chi connectivity index (χ1v) is 17.3. The van der Waals surface area contributed by atoms with Crippen molar-refractivity contribution in [3.63, 3.8) is 0 Å². The zero-order valence-corrected chi connectivity index (χ0v) is 30.2. The number of benzene rings is 2. The molecule has 6 amide bonds. The largest absolute Gasteiger partial charge is 0.461 e. The molecule has 4 atom stereocenters. The number of ether oxygens (including phenoxy) is 1. The standard InChI is InChI=1S/C34H46IN7O7/c1-22(38-29(43)24-14-16-25(35)17-15-24)33(47)49-21-27(40-34(48)41(2)3)32(46)42-19-9-13-28(42)31(45)39-26(12-7-8-18-36)30(44)37-20-23-10-5-4-6-11-23/h4-6,10-11,14-17,22,26-28H,7-9,12-13,18-21,36H2,1-3H3,(H,37,44)(H,38,43)(H,39,45)(H,40,48)/t22-,26+,27+,28-/m1/s1. The molecule has 2 aromatic rings. The molecule has 0 spiro atoms. The number of urea groups is 1. The first-order chi connectivity index (χ1) is 23.4. The molecule has 14 nitrogen and oxygen atoms in total. The number of likely N-dealkylation sites (tertiary alicyclic amines) is 1. The fraction of sp³-hybridized carbons (Fsp3) is 0.471. The summed E-state index contributed by atoms with van der Waals surface area (Å²) in [6.07, 6.45) is 2.50. The Morgan fingerprint density at radius 1 is 0.959 bits per heavy atom. The Bertz CT molecular complexity index is 1440. The molecule has 6 N–H and O–H groups in total. The second-order valence-electron chi connectivity index (χ2n) is 12.0. The lowest BCUT2D eigenvalue weighted by molar-refractivity contribution is -0.149. The molecule has 0 radical (unpaired) electrons. The molecular formula is C34H46IN7O7. The molecule has 266 valence electrons. The van der Waals surface area contributed by atoms with Gasteiger partial charge in [0.05, 0.1) is 0 Å². The number of hydrogen-bond acceptors (Lipinski definition) is 8. The number of carbonyl (C=O) groups is 6. The summed E-state index contributed by atoms with van der Waals surface area (Å²) in [6.45, 7) is 1.87. The van der Waals surface area contributed by atoms with Crippen LogP contribution >= 0.6 is 22.6 Å². The van der Waals surface area contributed by atoms with Gasteiger partial charge in [-0.3, -0.25) is 19.2 Å². The smallest absolute Gasteiger partial charge is 0.328 e. The van der Waals surface area contributed by atoms with E-state index in [9.17, 15) is 28.8 Å². The van der Waals surface area contributed by atoms with Crippen molar-refractivity contribution in [1.29, 1.82) is 0 Å². The first kappa shape index (κ1) is 39.2. The number of esters is 1. The molecule has 0 aromatic heterocycles. The zero-order valence-electron chi connectivity index (χ0n) is 28.1. The van der Waals surface area contributed by atoms with Crippen molar-refractivity contribution in [1.82, 2.24) is 31.1 Å². The van der Waals surface area contributed by atoms with Crippen LogP contribution in [0.15, 0.2) is 54.6 Å². The van der Waals surface area contributed by atoms with Crippen LogP contribution in [0, 0.1) is 3.57 Å². The average Bonchev–Trinajstić information content (AvgIpc) is 3.59. The quantitative estimate of drug-likeness (QED) is 0.0961. The topological polar surface area (TPSA) is 192 Å². The molecule has 49 heavy (non-hydrogen) atoms. The normalized spacial score (nSPS) is 15.7. The van der Waals surface area contributed by atoms with E-state index in [0.717, 1.165) is 9.13 Å². The van der Waals surface area contributed by atoms with Crippen LogP contribution < -0.4 is 27.0 Å². The number of amides is 6. The third-order valence-electron chi connectivity index (χ3n) is 7.93. The number of nitrogens with zero attached hydrogens (tertiary/aromatic N) is 2. The van der Waals surface area contributed by atoms with Crippen molar-refractivity contribution < 1.29 is 33.5 Å². The molecule has 0 saturated carbocycles. The van der Waals surface area contributed by atoms with Crippen molar-refractivity contribution in [2.24, 2.45) is 5.73 Å². The predicted molar refractivity (Wildman–Crippen MR) is 191 cm³/mol. The molecule has 1 aliphatic heterocycles. The van der Waals surface area contributed by atoms with Crippen molar-refractivity contribution in [3.8, 4) is 0 Å². The summed E-state index contributed by atoms with van der Waals surface area (Å²) in [4.78, 5) is 81.2. The minimum absolute atomic E-state index is 0.222. The SMILES string of the molecule is C[C@@H](NC(=O)c1ccc(I)cc1)C(=O)OC[C@H](NC(=O)N(C)C)C(=O)N1CCC[C@@H]1C(=O)N[C@@H](CCCCN)C(=O)NCc1ccccc1. The van der Waals surface area contributed by atoms with E-state index < -0.39 is 60.5 Å². The van der Waals surface area contributed by atoms with Gasteiger partial charge in [0.15, 0.2) is 0 Å². The highest BCUT2D eigenvalue weighted by molar-refractivity contribution is 14.1. The Hall–Kier alpha value is -4.25. The Kier molecular flexibility index (Phi) is 15.7. The van der Waals surface area contributed by atoms with E-state index in [1.807, 2.05) is 30.3 Å². The summed E-state index contributed by atoms with van der Waals surface area (Å²) >= 11 is 2.11. The lowest BCUT2D eigenvalue weighted by Gasteiger charge is -2.30. The van der Waals surface area contributed by atoms with Crippen LogP contribution in [0.4, 0.5) is 4.79 Å². The average molecular weight is 792 g/mol. The fourth-order valence-electron chi connectivity index (χ4n) is 5.12. The highest BCUT2D eigenvalue weighted by Crippen LogP contribution is 2.20. The van der Waals surface area contributed by atoms with Crippen molar-refractivity contribution in [2.45, 2.75) is 69.7 Å². The van der Waals surface area contributed by atoms with Crippen LogP contribution in [-0.2, 0) is 30.5 Å². The van der Waals surface area contributed by atoms with Crippen LogP contribution in [0.2, 0.25) is 0 Å². The van der Waals surface area contributed by atoms with Gasteiger partial charge in [0.2, 0.25) is 17.7 Å². The van der Waals surface area contributed by atoms with E-state index in [1.54, 1.807) is 24.3 Å². The van der Waals surface area contributed by atoms with Gasteiger partial charge in [0.25, 0.3) is 5.91 Å². The zero-order chi connectivity index (χ0) is 35.9. The molecule has 15 heteroatoms. The van der Waals surface area contributed by atoms with Gasteiger partial charge in [0.1, 0.15) is 30.8 Å². The molecule has 1 aliphatic rings. The lowest BCUT2D eigenvalue weighted by Crippen LogP contribution is -2.58. The van der Waals surface area contributed by atoms with E-state index in [4.69, 9.17) is 10.5 Å². The van der Waals surface area contributed by atoms with E-state index in [-0.39, 0.29) is 19.0 Å². The number of rotatable bonds is 16. The van der Waals surface area contributed by atoms with E-state index in [2.05, 4.69) is 43.9 Å². The molecule has 0 bridgehead atoms. The van der Waals surface area contributed by atoms with Gasteiger partial charge in [-0.15, -0.1) is 0 Å². The second kappa shape index (κ2) is 19.7. The summed E-state index contributed by atoms with van der Waals surface area (Å²) in [5.41, 5.74) is 6.92. The Balaban J connectivity index is 1.67. The number of nitrogens with two attached hydrogens (primary N) is 1. The predicted octanol–water partition coefficient (Wildman–Crippen LogP) is 1.51. The highest BCUT2D eigenvalue weighted by atomic mass is 127. The molecule has 1 heterocycles. The number of carbonyl (C=O) groups excluding carboxylic acids is 6. The van der Waals surface area contributed by atoms with Crippen LogP contribution in [0.1, 0.15) is 54.9 Å². The molecule has 2 aromatic carbocycles. The van der Waals surface area contributed by atoms with E-state index in [0.29, 0.717) is 44.2 Å². The van der Waals surface area contributed by atoms with Gasteiger partial charge >= 0.3 is 12.0 Å². The summed E-state index contributed by atoms with van der Waals surface area (Å²) < 4.78 is 6.34. The molecule has 1 fully saturated rings. The number of nitrogens with one attached hydrogen (secondary N) is 4. The Labute approximate surface area is 300 Å². The number of halogens is 1. The van der Waals surface area contributed by atoms with Gasteiger partial charge in [-0.1, -0.05) is 30.3 Å². The number of hydrogen-bond donors (Lipinski definition) is 5. The van der Waals surface area contributed by atoms with Crippen LogP contribution in [-0.4, -0.2) is 103 Å². The minimum Gasteiger partial charge on any atom is -0.461 e. The first-order valence-electron chi connectivity index (χ1n) is 16.2. The summed E-state index contributed by atoms with van der Waals surface area (Å²) in [6, 6.07) is 11.4. The monoisotopic (exact) mass is 791 g/mol. The van der Waals surface area contributed by atoms with Crippen LogP contribution in [0.3, 0.4) is 0 Å². The Morgan fingerprint density at radius 3 is 2.31 bits per heavy atom. The van der Waals surface area contributed by atoms with Gasteiger partial charge < -0.3 is 41.5 Å². The summed E-state index contributed by atoms with van der Waals surface area (Å²) in [5, 5.41) is 10.8. The van der Waals surface area contributed by atoms with Crippen molar-refractivity contribution >= 4 is 58.2 Å². The van der Waals surface area contributed by atoms with Crippen molar-refractivity contribution in [2.75, 3.05) is 33.8 Å². The number of unbranched alkanes of at least 4 members (excludes halogenated alkanes) is 1. The third-order valence-corrected chi connectivity index (χ3v) is 8.65. The highest BCUT2D eigenvalue weighted by Gasteiger charge is 2.39. The van der Waals surface area contributed by atoms with E-state index >= 15 is 0 Å². The van der Waals surface area contributed by atoms with E-state index in [1.165, 1.54) is 30.8 Å². The maximum Gasteiger partial charge on any atom is 0.328 e. The third kappa shape index (κ3) is 12.3. The molecule has 0 unspecified atom stereocenters. The summed E-state index contributed by atoms with van der Waals surface area (Å²) in [7, 11) is 2.98. The van der Waals surface area contributed by atoms with Crippen molar-refractivity contribution in [3.05, 3.63) is 69.3 Å². The maximum atomic E-state index is 13.8. The maximum absolute atomic E-state index is 13.8.